The van der Waals surface area contributed by atoms with E-state index in [0.717, 1.165) is 30.0 Å². The molecule has 0 aliphatic heterocycles. The Morgan fingerprint density at radius 1 is 1.30 bits per heavy atom. The SMILES string of the molecule is CCNCc1cc(C)c(OCC(C)(C)C(=O)O)c(C)c1. The van der Waals surface area contributed by atoms with Gasteiger partial charge in [0.05, 0.1) is 5.41 Å². The number of benzene rings is 1. The Kier molecular flexibility index (Phi) is 5.57. The number of aliphatic carboxylic acids is 1. The van der Waals surface area contributed by atoms with Crippen LogP contribution in [0.4, 0.5) is 0 Å². The molecule has 0 heterocycles. The first-order valence-electron chi connectivity index (χ1n) is 6.95. The van der Waals surface area contributed by atoms with E-state index in [-0.39, 0.29) is 6.61 Å². The van der Waals surface area contributed by atoms with Crippen LogP contribution in [0.2, 0.25) is 0 Å². The largest absolute Gasteiger partial charge is 0.492 e. The summed E-state index contributed by atoms with van der Waals surface area (Å²) in [6.45, 7) is 11.3. The van der Waals surface area contributed by atoms with E-state index in [2.05, 4.69) is 24.4 Å². The normalized spacial score (nSPS) is 11.4. The number of nitrogens with one attached hydrogen (secondary N) is 1. The molecule has 0 aliphatic carbocycles. The molecule has 0 atom stereocenters. The first-order valence-corrected chi connectivity index (χ1v) is 6.95. The molecular formula is C16H25NO3. The maximum Gasteiger partial charge on any atom is 0.312 e. The minimum absolute atomic E-state index is 0.163. The number of aryl methyl sites for hydroxylation is 2. The van der Waals surface area contributed by atoms with E-state index in [1.165, 1.54) is 5.56 Å². The lowest BCUT2D eigenvalue weighted by Crippen LogP contribution is -2.31. The second-order valence-corrected chi connectivity index (χ2v) is 5.82. The predicted octanol–water partition coefficient (Wildman–Crippen LogP) is 2.90. The highest BCUT2D eigenvalue weighted by Crippen LogP contribution is 2.27. The van der Waals surface area contributed by atoms with Gasteiger partial charge in [-0.25, -0.2) is 0 Å². The van der Waals surface area contributed by atoms with Crippen molar-refractivity contribution in [3.05, 3.63) is 28.8 Å². The van der Waals surface area contributed by atoms with Crippen LogP contribution in [0.3, 0.4) is 0 Å². The van der Waals surface area contributed by atoms with Gasteiger partial charge in [-0.2, -0.15) is 0 Å². The summed E-state index contributed by atoms with van der Waals surface area (Å²) in [6.07, 6.45) is 0. The molecule has 0 amide bonds. The average molecular weight is 279 g/mol. The van der Waals surface area contributed by atoms with Gasteiger partial charge in [0.15, 0.2) is 0 Å². The van der Waals surface area contributed by atoms with Crippen LogP contribution in [-0.4, -0.2) is 24.2 Å². The minimum atomic E-state index is -0.888. The van der Waals surface area contributed by atoms with E-state index in [1.807, 2.05) is 13.8 Å². The van der Waals surface area contributed by atoms with Gasteiger partial charge in [0.1, 0.15) is 12.4 Å². The number of rotatable bonds is 7. The highest BCUT2D eigenvalue weighted by Gasteiger charge is 2.28. The summed E-state index contributed by atoms with van der Waals surface area (Å²) in [7, 11) is 0. The number of hydrogen-bond acceptors (Lipinski definition) is 3. The zero-order valence-electron chi connectivity index (χ0n) is 13.0. The topological polar surface area (TPSA) is 58.6 Å². The molecule has 0 spiro atoms. The minimum Gasteiger partial charge on any atom is -0.492 e. The van der Waals surface area contributed by atoms with Crippen LogP contribution in [0.15, 0.2) is 12.1 Å². The van der Waals surface area contributed by atoms with Crippen LogP contribution in [-0.2, 0) is 11.3 Å². The quantitative estimate of drug-likeness (QED) is 0.805. The molecule has 0 fully saturated rings. The van der Waals surface area contributed by atoms with Crippen LogP contribution in [0.5, 0.6) is 5.75 Å². The summed E-state index contributed by atoms with van der Waals surface area (Å²) in [6, 6.07) is 4.16. The molecule has 112 valence electrons. The van der Waals surface area contributed by atoms with Crippen molar-refractivity contribution in [2.24, 2.45) is 5.41 Å². The Bertz CT molecular complexity index is 458. The molecular weight excluding hydrogens is 254 g/mol. The molecule has 0 radical (unpaired) electrons. The zero-order valence-corrected chi connectivity index (χ0v) is 13.0. The van der Waals surface area contributed by atoms with Gasteiger partial charge in [-0.05, 0) is 50.9 Å². The Balaban J connectivity index is 2.84. The highest BCUT2D eigenvalue weighted by atomic mass is 16.5. The van der Waals surface area contributed by atoms with Crippen molar-refractivity contribution >= 4 is 5.97 Å². The molecule has 4 heteroatoms. The Labute approximate surface area is 121 Å². The van der Waals surface area contributed by atoms with Crippen molar-refractivity contribution in [3.8, 4) is 5.75 Å². The number of carboxylic acid groups (broad SMARTS) is 1. The van der Waals surface area contributed by atoms with Gasteiger partial charge in [0.25, 0.3) is 0 Å². The molecule has 2 N–H and O–H groups in total. The molecule has 0 aliphatic rings. The van der Waals surface area contributed by atoms with Gasteiger partial charge in [0, 0.05) is 6.54 Å². The van der Waals surface area contributed by atoms with Gasteiger partial charge in [-0.15, -0.1) is 0 Å². The smallest absolute Gasteiger partial charge is 0.312 e. The van der Waals surface area contributed by atoms with Crippen LogP contribution >= 0.6 is 0 Å². The predicted molar refractivity (Wildman–Crippen MR) is 80.2 cm³/mol. The van der Waals surface area contributed by atoms with Crippen LogP contribution in [0.25, 0.3) is 0 Å². The maximum atomic E-state index is 11.1. The van der Waals surface area contributed by atoms with E-state index in [9.17, 15) is 4.79 Å². The second kappa shape index (κ2) is 6.75. The Morgan fingerprint density at radius 3 is 2.30 bits per heavy atom. The van der Waals surface area contributed by atoms with Crippen LogP contribution in [0, 0.1) is 19.3 Å². The molecule has 4 nitrogen and oxygen atoms in total. The molecule has 1 aromatic carbocycles. The molecule has 20 heavy (non-hydrogen) atoms. The standard InChI is InChI=1S/C16H25NO3/c1-6-17-9-13-7-11(2)14(12(3)8-13)20-10-16(4,5)15(18)19/h7-8,17H,6,9-10H2,1-5H3,(H,18,19). The highest BCUT2D eigenvalue weighted by molar-refractivity contribution is 5.73. The van der Waals surface area contributed by atoms with Crippen molar-refractivity contribution in [1.82, 2.24) is 5.32 Å². The fourth-order valence-corrected chi connectivity index (χ4v) is 1.95. The third-order valence-corrected chi connectivity index (χ3v) is 3.26. The molecule has 0 saturated carbocycles. The van der Waals surface area contributed by atoms with E-state index >= 15 is 0 Å². The number of carbonyl (C=O) groups is 1. The lowest BCUT2D eigenvalue weighted by Gasteiger charge is -2.22. The first kappa shape index (κ1) is 16.5. The molecule has 1 aromatic rings. The summed E-state index contributed by atoms with van der Waals surface area (Å²) in [5, 5.41) is 12.4. The van der Waals surface area contributed by atoms with Crippen molar-refractivity contribution < 1.29 is 14.6 Å². The number of ether oxygens (including phenoxy) is 1. The lowest BCUT2D eigenvalue weighted by molar-refractivity contribution is -0.148. The van der Waals surface area contributed by atoms with Crippen LogP contribution in [0.1, 0.15) is 37.5 Å². The summed E-state index contributed by atoms with van der Waals surface area (Å²) in [5.41, 5.74) is 2.41. The summed E-state index contributed by atoms with van der Waals surface area (Å²) < 4.78 is 5.75. The fourth-order valence-electron chi connectivity index (χ4n) is 1.95. The second-order valence-electron chi connectivity index (χ2n) is 5.82. The summed E-state index contributed by atoms with van der Waals surface area (Å²) in [5.74, 6) is -0.0591. The molecule has 1 rings (SSSR count). The van der Waals surface area contributed by atoms with Gasteiger partial charge >= 0.3 is 5.97 Å². The molecule has 0 bridgehead atoms. The lowest BCUT2D eigenvalue weighted by atomic mass is 9.95. The molecule has 0 aromatic heterocycles. The van der Waals surface area contributed by atoms with Gasteiger partial charge in [0.2, 0.25) is 0 Å². The maximum absolute atomic E-state index is 11.1. The van der Waals surface area contributed by atoms with E-state index < -0.39 is 11.4 Å². The van der Waals surface area contributed by atoms with Crippen molar-refractivity contribution in [2.75, 3.05) is 13.2 Å². The third kappa shape index (κ3) is 4.23. The van der Waals surface area contributed by atoms with Gasteiger partial charge in [-0.1, -0.05) is 19.1 Å². The van der Waals surface area contributed by atoms with E-state index in [0.29, 0.717) is 0 Å². The number of hydrogen-bond donors (Lipinski definition) is 2. The Hall–Kier alpha value is -1.55. The third-order valence-electron chi connectivity index (χ3n) is 3.26. The molecule has 0 unspecified atom stereocenters. The first-order chi connectivity index (χ1) is 9.27. The summed E-state index contributed by atoms with van der Waals surface area (Å²) in [4.78, 5) is 11.1. The van der Waals surface area contributed by atoms with Crippen molar-refractivity contribution in [3.63, 3.8) is 0 Å². The zero-order chi connectivity index (χ0) is 15.3. The summed E-state index contributed by atoms with van der Waals surface area (Å²) >= 11 is 0. The number of carboxylic acids is 1. The van der Waals surface area contributed by atoms with E-state index in [1.54, 1.807) is 13.8 Å². The average Bonchev–Trinajstić information content (AvgIpc) is 2.35. The van der Waals surface area contributed by atoms with Crippen molar-refractivity contribution in [1.29, 1.82) is 0 Å². The molecule has 0 saturated heterocycles. The van der Waals surface area contributed by atoms with Crippen molar-refractivity contribution in [2.45, 2.75) is 41.2 Å². The van der Waals surface area contributed by atoms with Gasteiger partial charge < -0.3 is 15.2 Å². The monoisotopic (exact) mass is 279 g/mol. The van der Waals surface area contributed by atoms with Gasteiger partial charge in [-0.3, -0.25) is 4.79 Å². The fraction of sp³-hybridized carbons (Fsp3) is 0.562. The Morgan fingerprint density at radius 2 is 1.85 bits per heavy atom. The van der Waals surface area contributed by atoms with E-state index in [4.69, 9.17) is 9.84 Å². The van der Waals surface area contributed by atoms with Crippen LogP contribution < -0.4 is 10.1 Å².